The second-order valence-corrected chi connectivity index (χ2v) is 8.28. The summed E-state index contributed by atoms with van der Waals surface area (Å²) in [5.74, 6) is 1.74. The van der Waals surface area contributed by atoms with Crippen LogP contribution in [0.5, 0.6) is 5.75 Å². The number of ether oxygens (including phenoxy) is 1. The van der Waals surface area contributed by atoms with Gasteiger partial charge in [0.05, 0.1) is 12.3 Å². The van der Waals surface area contributed by atoms with Gasteiger partial charge < -0.3 is 15.4 Å². The number of hydrogen-bond acceptors (Lipinski definition) is 4. The third-order valence-electron chi connectivity index (χ3n) is 3.96. The van der Waals surface area contributed by atoms with E-state index < -0.39 is 10.0 Å². The molecule has 0 radical (unpaired) electrons. The Labute approximate surface area is 173 Å². The SMILES string of the molecule is CN=C(NCCN1CCCS1(=O)=O)NCC(C)Oc1cccc(C)c1.I. The molecular weight excluding hydrogens is 467 g/mol. The predicted octanol–water partition coefficient (Wildman–Crippen LogP) is 1.58. The number of sulfonamides is 1. The molecule has 1 saturated heterocycles. The largest absolute Gasteiger partial charge is 0.489 e. The fraction of sp³-hybridized carbons (Fsp3) is 0.588. The van der Waals surface area contributed by atoms with Crippen molar-refractivity contribution in [3.63, 3.8) is 0 Å². The van der Waals surface area contributed by atoms with Gasteiger partial charge >= 0.3 is 0 Å². The molecule has 1 heterocycles. The van der Waals surface area contributed by atoms with Crippen LogP contribution >= 0.6 is 24.0 Å². The topological polar surface area (TPSA) is 83.0 Å². The molecule has 0 spiro atoms. The van der Waals surface area contributed by atoms with Gasteiger partial charge in [-0.3, -0.25) is 4.99 Å². The van der Waals surface area contributed by atoms with Crippen LogP contribution in [-0.4, -0.2) is 63.8 Å². The predicted molar refractivity (Wildman–Crippen MR) is 116 cm³/mol. The Morgan fingerprint density at radius 1 is 1.38 bits per heavy atom. The number of nitrogens with one attached hydrogen (secondary N) is 2. The van der Waals surface area contributed by atoms with Gasteiger partial charge in [-0.05, 0) is 38.0 Å². The van der Waals surface area contributed by atoms with Gasteiger partial charge in [-0.2, -0.15) is 0 Å². The molecule has 1 aromatic rings. The molecule has 1 unspecified atom stereocenters. The molecular formula is C17H29IN4O3S. The molecule has 26 heavy (non-hydrogen) atoms. The third-order valence-corrected chi connectivity index (χ3v) is 5.92. The van der Waals surface area contributed by atoms with Crippen molar-refractivity contribution < 1.29 is 13.2 Å². The molecule has 1 aliphatic heterocycles. The molecule has 148 valence electrons. The van der Waals surface area contributed by atoms with Gasteiger partial charge in [0.2, 0.25) is 10.0 Å². The van der Waals surface area contributed by atoms with E-state index >= 15 is 0 Å². The molecule has 0 saturated carbocycles. The molecule has 0 amide bonds. The standard InChI is InChI=1S/C17H28N4O3S.HI/c1-14-6-4-7-16(12-14)24-15(2)13-20-17(18-3)19-8-10-21-9-5-11-25(21,22)23;/h4,6-7,12,15H,5,8-11,13H2,1-3H3,(H2,18,19,20);1H. The normalized spacial score (nSPS) is 18.0. The van der Waals surface area contributed by atoms with Crippen molar-refractivity contribution in [2.45, 2.75) is 26.4 Å². The molecule has 0 aromatic heterocycles. The number of aliphatic imine (C=N–C) groups is 1. The lowest BCUT2D eigenvalue weighted by atomic mass is 10.2. The molecule has 1 atom stereocenters. The van der Waals surface area contributed by atoms with Crippen LogP contribution in [0.25, 0.3) is 0 Å². The van der Waals surface area contributed by atoms with Crippen molar-refractivity contribution in [1.82, 2.24) is 14.9 Å². The van der Waals surface area contributed by atoms with Gasteiger partial charge in [0.1, 0.15) is 11.9 Å². The van der Waals surface area contributed by atoms with E-state index in [1.54, 1.807) is 7.05 Å². The van der Waals surface area contributed by atoms with Gasteiger partial charge in [0.15, 0.2) is 5.96 Å². The Balaban J connectivity index is 0.00000338. The lowest BCUT2D eigenvalue weighted by molar-refractivity contribution is 0.223. The summed E-state index contributed by atoms with van der Waals surface area (Å²) in [6.07, 6.45) is 0.683. The van der Waals surface area contributed by atoms with Crippen molar-refractivity contribution in [2.75, 3.05) is 39.0 Å². The third kappa shape index (κ3) is 7.28. The molecule has 0 bridgehead atoms. The van der Waals surface area contributed by atoms with Crippen LogP contribution in [0.4, 0.5) is 0 Å². The van der Waals surface area contributed by atoms with E-state index in [0.717, 1.165) is 11.3 Å². The van der Waals surface area contributed by atoms with Crippen molar-refractivity contribution in [3.05, 3.63) is 29.8 Å². The van der Waals surface area contributed by atoms with E-state index in [0.29, 0.717) is 38.6 Å². The summed E-state index contributed by atoms with van der Waals surface area (Å²) in [7, 11) is -1.35. The van der Waals surface area contributed by atoms with E-state index in [4.69, 9.17) is 4.74 Å². The number of halogens is 1. The first-order valence-corrected chi connectivity index (χ1v) is 10.2. The first-order valence-electron chi connectivity index (χ1n) is 8.56. The minimum absolute atomic E-state index is 0. The molecule has 1 fully saturated rings. The average molecular weight is 496 g/mol. The lowest BCUT2D eigenvalue weighted by Crippen LogP contribution is -2.44. The molecule has 1 aromatic carbocycles. The zero-order valence-corrected chi connectivity index (χ0v) is 18.7. The summed E-state index contributed by atoms with van der Waals surface area (Å²) >= 11 is 0. The highest BCUT2D eigenvalue weighted by Crippen LogP contribution is 2.14. The molecule has 2 rings (SSSR count). The Kier molecular flexibility index (Phi) is 9.66. The van der Waals surface area contributed by atoms with Crippen molar-refractivity contribution in [2.24, 2.45) is 4.99 Å². The summed E-state index contributed by atoms with van der Waals surface area (Å²) < 4.78 is 30.9. The number of nitrogens with zero attached hydrogens (tertiary/aromatic N) is 2. The highest BCUT2D eigenvalue weighted by atomic mass is 127. The number of aryl methyl sites for hydroxylation is 1. The van der Waals surface area contributed by atoms with E-state index in [1.807, 2.05) is 38.1 Å². The maximum atomic E-state index is 11.8. The van der Waals surface area contributed by atoms with Crippen LogP contribution in [0.1, 0.15) is 18.9 Å². The van der Waals surface area contributed by atoms with Crippen LogP contribution in [0.2, 0.25) is 0 Å². The van der Waals surface area contributed by atoms with Crippen molar-refractivity contribution in [1.29, 1.82) is 0 Å². The van der Waals surface area contributed by atoms with Crippen LogP contribution < -0.4 is 15.4 Å². The van der Waals surface area contributed by atoms with Crippen LogP contribution in [0.15, 0.2) is 29.3 Å². The molecule has 1 aliphatic rings. The van der Waals surface area contributed by atoms with E-state index in [-0.39, 0.29) is 35.8 Å². The summed E-state index contributed by atoms with van der Waals surface area (Å²) in [6.45, 7) is 6.19. The second-order valence-electron chi connectivity index (χ2n) is 6.19. The van der Waals surface area contributed by atoms with Crippen LogP contribution in [0, 0.1) is 6.92 Å². The number of rotatable bonds is 7. The smallest absolute Gasteiger partial charge is 0.214 e. The minimum Gasteiger partial charge on any atom is -0.489 e. The van der Waals surface area contributed by atoms with E-state index in [1.165, 1.54) is 4.31 Å². The summed E-state index contributed by atoms with van der Waals surface area (Å²) in [5.41, 5.74) is 1.16. The van der Waals surface area contributed by atoms with Crippen LogP contribution in [0.3, 0.4) is 0 Å². The molecule has 2 N–H and O–H groups in total. The lowest BCUT2D eigenvalue weighted by Gasteiger charge is -2.19. The van der Waals surface area contributed by atoms with Crippen molar-refractivity contribution >= 4 is 40.0 Å². The number of benzene rings is 1. The first kappa shape index (κ1) is 23.0. The maximum Gasteiger partial charge on any atom is 0.214 e. The zero-order chi connectivity index (χ0) is 18.3. The molecule has 0 aliphatic carbocycles. The molecule has 9 heteroatoms. The van der Waals surface area contributed by atoms with E-state index in [2.05, 4.69) is 15.6 Å². The number of guanidine groups is 1. The number of hydrogen-bond donors (Lipinski definition) is 2. The molecule has 7 nitrogen and oxygen atoms in total. The maximum absolute atomic E-state index is 11.8. The van der Waals surface area contributed by atoms with Crippen molar-refractivity contribution in [3.8, 4) is 5.75 Å². The van der Waals surface area contributed by atoms with Gasteiger partial charge in [-0.25, -0.2) is 12.7 Å². The highest BCUT2D eigenvalue weighted by Gasteiger charge is 2.27. The van der Waals surface area contributed by atoms with Gasteiger partial charge in [-0.15, -0.1) is 24.0 Å². The average Bonchev–Trinajstić information content (AvgIpc) is 2.89. The van der Waals surface area contributed by atoms with Gasteiger partial charge in [0, 0.05) is 26.7 Å². The van der Waals surface area contributed by atoms with Gasteiger partial charge in [0.25, 0.3) is 0 Å². The summed E-state index contributed by atoms with van der Waals surface area (Å²) in [5, 5.41) is 6.34. The van der Waals surface area contributed by atoms with E-state index in [9.17, 15) is 8.42 Å². The van der Waals surface area contributed by atoms with Gasteiger partial charge in [-0.1, -0.05) is 12.1 Å². The second kappa shape index (κ2) is 10.9. The summed E-state index contributed by atoms with van der Waals surface area (Å²) in [4.78, 5) is 4.15. The Bertz CT molecular complexity index is 697. The fourth-order valence-corrected chi connectivity index (χ4v) is 4.19. The Morgan fingerprint density at radius 3 is 2.77 bits per heavy atom. The quantitative estimate of drug-likeness (QED) is 0.341. The first-order chi connectivity index (χ1) is 11.9. The Hall–Kier alpha value is -1.07. The van der Waals surface area contributed by atoms with Crippen LogP contribution in [-0.2, 0) is 10.0 Å². The highest BCUT2D eigenvalue weighted by molar-refractivity contribution is 14.0. The zero-order valence-electron chi connectivity index (χ0n) is 15.6. The minimum atomic E-state index is -3.04. The monoisotopic (exact) mass is 496 g/mol. The fourth-order valence-electron chi connectivity index (χ4n) is 2.67. The Morgan fingerprint density at radius 2 is 2.15 bits per heavy atom. The summed E-state index contributed by atoms with van der Waals surface area (Å²) in [6, 6.07) is 7.94.